The average molecular weight is 402 g/mol. The first-order chi connectivity index (χ1) is 13.0. The zero-order chi connectivity index (χ0) is 18.9. The van der Waals surface area contributed by atoms with Gasteiger partial charge in [-0.2, -0.15) is 0 Å². The fourth-order valence-corrected chi connectivity index (χ4v) is 5.78. The maximum atomic E-state index is 12.6. The first-order valence-corrected chi connectivity index (χ1v) is 11.4. The largest absolute Gasteiger partial charge is 0.353 e. The Balaban J connectivity index is 1.58. The third kappa shape index (κ3) is 3.87. The summed E-state index contributed by atoms with van der Waals surface area (Å²) >= 11 is 1.24. The molecule has 2 aromatic heterocycles. The Kier molecular flexibility index (Phi) is 5.19. The van der Waals surface area contributed by atoms with Crippen LogP contribution >= 0.6 is 11.3 Å². The van der Waals surface area contributed by atoms with Crippen molar-refractivity contribution in [2.24, 2.45) is 7.05 Å². The van der Waals surface area contributed by atoms with E-state index in [9.17, 15) is 8.42 Å². The topological polar surface area (TPSA) is 54.3 Å². The summed E-state index contributed by atoms with van der Waals surface area (Å²) in [7, 11) is -1.47. The van der Waals surface area contributed by atoms with Crippen molar-refractivity contribution < 1.29 is 8.42 Å². The minimum Gasteiger partial charge on any atom is -0.353 e. The van der Waals surface area contributed by atoms with Crippen molar-refractivity contribution in [2.45, 2.75) is 23.2 Å². The monoisotopic (exact) mass is 401 g/mol. The van der Waals surface area contributed by atoms with Gasteiger partial charge in [-0.1, -0.05) is 30.3 Å². The van der Waals surface area contributed by atoms with E-state index in [0.717, 1.165) is 25.2 Å². The first-order valence-electron chi connectivity index (χ1n) is 9.00. The molecule has 1 aromatic carbocycles. The molecule has 0 radical (unpaired) electrons. The summed E-state index contributed by atoms with van der Waals surface area (Å²) in [5.41, 5.74) is 3.82. The highest BCUT2D eigenvalue weighted by Gasteiger charge is 2.28. The number of hydrogen-bond donors (Lipinski definition) is 1. The molecule has 4 rings (SSSR count). The molecule has 5 nitrogen and oxygen atoms in total. The van der Waals surface area contributed by atoms with E-state index in [1.165, 1.54) is 22.5 Å². The van der Waals surface area contributed by atoms with E-state index in [1.54, 1.807) is 17.5 Å². The van der Waals surface area contributed by atoms with Crippen LogP contribution in [0.1, 0.15) is 22.9 Å². The van der Waals surface area contributed by atoms with Gasteiger partial charge in [-0.05, 0) is 41.1 Å². The summed E-state index contributed by atoms with van der Waals surface area (Å²) in [4.78, 5) is 2.37. The quantitative estimate of drug-likeness (QED) is 0.690. The normalized spacial score (nSPS) is 16.2. The summed E-state index contributed by atoms with van der Waals surface area (Å²) < 4.78 is 30.5. The van der Waals surface area contributed by atoms with E-state index in [-0.39, 0.29) is 6.04 Å². The zero-order valence-corrected chi connectivity index (χ0v) is 16.8. The van der Waals surface area contributed by atoms with Crippen LogP contribution in [0, 0.1) is 0 Å². The van der Waals surface area contributed by atoms with Crippen molar-refractivity contribution in [2.75, 3.05) is 13.1 Å². The lowest BCUT2D eigenvalue weighted by Crippen LogP contribution is -2.41. The van der Waals surface area contributed by atoms with E-state index < -0.39 is 10.0 Å². The molecule has 1 aliphatic rings. The molecule has 1 N–H and O–H groups in total. The van der Waals surface area contributed by atoms with E-state index >= 15 is 0 Å². The lowest BCUT2D eigenvalue weighted by Gasteiger charge is -2.36. The molecule has 0 bridgehead atoms. The standard InChI is InChI=1S/C20H23N3O2S2/c1-22-11-4-8-18(22)19(14-21-27(24,25)20-9-5-13-26-20)23-12-10-16-6-2-3-7-17(16)15-23/h2-9,11,13,19,21H,10,12,14-15H2,1H3/t19-/m0/s1. The Labute approximate surface area is 164 Å². The molecule has 27 heavy (non-hydrogen) atoms. The summed E-state index contributed by atoms with van der Waals surface area (Å²) in [6, 6.07) is 16.0. The van der Waals surface area contributed by atoms with Gasteiger partial charge in [0, 0.05) is 38.6 Å². The van der Waals surface area contributed by atoms with Gasteiger partial charge in [-0.15, -0.1) is 11.3 Å². The summed E-state index contributed by atoms with van der Waals surface area (Å²) in [6.45, 7) is 2.08. The molecule has 0 unspecified atom stereocenters. The van der Waals surface area contributed by atoms with Gasteiger partial charge >= 0.3 is 0 Å². The molecule has 0 amide bonds. The van der Waals surface area contributed by atoms with E-state index in [4.69, 9.17) is 0 Å². The molecule has 0 saturated heterocycles. The van der Waals surface area contributed by atoms with Crippen LogP contribution in [0.15, 0.2) is 64.3 Å². The second kappa shape index (κ2) is 7.59. The summed E-state index contributed by atoms with van der Waals surface area (Å²) in [5, 5.41) is 1.78. The van der Waals surface area contributed by atoms with Crippen LogP contribution in [-0.4, -0.2) is 31.0 Å². The number of aryl methyl sites for hydroxylation is 1. The van der Waals surface area contributed by atoms with Crippen molar-refractivity contribution in [3.05, 3.63) is 76.9 Å². The van der Waals surface area contributed by atoms with Gasteiger partial charge in [0.1, 0.15) is 4.21 Å². The smallest absolute Gasteiger partial charge is 0.250 e. The minimum absolute atomic E-state index is 0.0203. The molecule has 0 saturated carbocycles. The maximum Gasteiger partial charge on any atom is 0.250 e. The number of nitrogens with one attached hydrogen (secondary N) is 1. The Morgan fingerprint density at radius 1 is 1.11 bits per heavy atom. The van der Waals surface area contributed by atoms with Crippen molar-refractivity contribution in [3.8, 4) is 0 Å². The lowest BCUT2D eigenvalue weighted by atomic mass is 9.98. The SMILES string of the molecule is Cn1cccc1[C@H](CNS(=O)(=O)c1cccs1)N1CCc2ccccc2C1. The fourth-order valence-electron chi connectivity index (χ4n) is 3.70. The van der Waals surface area contributed by atoms with Crippen LogP contribution in [-0.2, 0) is 30.0 Å². The molecule has 3 aromatic rings. The van der Waals surface area contributed by atoms with Crippen LogP contribution in [0.25, 0.3) is 0 Å². The molecule has 1 atom stereocenters. The third-order valence-corrected chi connectivity index (χ3v) is 7.97. The Hall–Kier alpha value is -1.93. The number of aromatic nitrogens is 1. The number of rotatable bonds is 6. The number of hydrogen-bond acceptors (Lipinski definition) is 4. The minimum atomic E-state index is -3.48. The zero-order valence-electron chi connectivity index (χ0n) is 15.2. The van der Waals surface area contributed by atoms with Crippen molar-refractivity contribution >= 4 is 21.4 Å². The number of thiophene rings is 1. The molecule has 142 valence electrons. The maximum absolute atomic E-state index is 12.6. The molecule has 1 aliphatic heterocycles. The van der Waals surface area contributed by atoms with Crippen LogP contribution < -0.4 is 4.72 Å². The van der Waals surface area contributed by atoms with E-state index in [0.29, 0.717) is 10.8 Å². The predicted molar refractivity (Wildman–Crippen MR) is 108 cm³/mol. The van der Waals surface area contributed by atoms with Gasteiger partial charge < -0.3 is 4.57 Å². The number of nitrogens with zero attached hydrogens (tertiary/aromatic N) is 2. The van der Waals surface area contributed by atoms with Crippen molar-refractivity contribution in [3.63, 3.8) is 0 Å². The second-order valence-corrected chi connectivity index (χ2v) is 9.77. The molecule has 0 aliphatic carbocycles. The van der Waals surface area contributed by atoms with Crippen LogP contribution in [0.3, 0.4) is 0 Å². The predicted octanol–water partition coefficient (Wildman–Crippen LogP) is 3.16. The molecule has 0 fully saturated rings. The highest BCUT2D eigenvalue weighted by Crippen LogP contribution is 2.28. The Morgan fingerprint density at radius 3 is 2.63 bits per heavy atom. The van der Waals surface area contributed by atoms with E-state index in [2.05, 4.69) is 44.5 Å². The molecular formula is C20H23N3O2S2. The van der Waals surface area contributed by atoms with Gasteiger partial charge in [0.2, 0.25) is 10.0 Å². The van der Waals surface area contributed by atoms with Gasteiger partial charge in [-0.25, -0.2) is 13.1 Å². The van der Waals surface area contributed by atoms with Gasteiger partial charge in [0.15, 0.2) is 0 Å². The summed E-state index contributed by atoms with van der Waals surface area (Å²) in [5.74, 6) is 0. The van der Waals surface area contributed by atoms with Crippen LogP contribution in [0.2, 0.25) is 0 Å². The molecular weight excluding hydrogens is 378 g/mol. The Bertz CT molecular complexity index is 1010. The number of benzene rings is 1. The second-order valence-electron chi connectivity index (χ2n) is 6.83. The highest BCUT2D eigenvalue weighted by molar-refractivity contribution is 7.91. The lowest BCUT2D eigenvalue weighted by molar-refractivity contribution is 0.174. The van der Waals surface area contributed by atoms with Crippen LogP contribution in [0.4, 0.5) is 0 Å². The van der Waals surface area contributed by atoms with Crippen molar-refractivity contribution in [1.29, 1.82) is 0 Å². The van der Waals surface area contributed by atoms with Gasteiger partial charge in [0.25, 0.3) is 0 Å². The molecule has 3 heterocycles. The summed E-state index contributed by atoms with van der Waals surface area (Å²) in [6.07, 6.45) is 2.99. The number of fused-ring (bicyclic) bond motifs is 1. The van der Waals surface area contributed by atoms with Crippen LogP contribution in [0.5, 0.6) is 0 Å². The molecule has 7 heteroatoms. The first kappa shape index (κ1) is 18.4. The molecule has 0 spiro atoms. The highest BCUT2D eigenvalue weighted by atomic mass is 32.2. The Morgan fingerprint density at radius 2 is 1.93 bits per heavy atom. The average Bonchev–Trinajstić information content (AvgIpc) is 3.35. The van der Waals surface area contributed by atoms with E-state index in [1.807, 2.05) is 19.3 Å². The van der Waals surface area contributed by atoms with Gasteiger partial charge in [0.05, 0.1) is 6.04 Å². The third-order valence-electron chi connectivity index (χ3n) is 5.15. The van der Waals surface area contributed by atoms with Gasteiger partial charge in [-0.3, -0.25) is 4.90 Å². The fraction of sp³-hybridized carbons (Fsp3) is 0.300. The van der Waals surface area contributed by atoms with Crippen molar-refractivity contribution in [1.82, 2.24) is 14.2 Å². The number of sulfonamides is 1.